The Balaban J connectivity index is 0.00000364. The van der Waals surface area contributed by atoms with E-state index in [1.54, 1.807) is 12.1 Å². The zero-order chi connectivity index (χ0) is 19.5. The molecular formula is C16H8N2Na2O6S2. The van der Waals surface area contributed by atoms with Crippen molar-refractivity contribution in [1.82, 2.24) is 0 Å². The quantitative estimate of drug-likeness (QED) is 0.264. The Morgan fingerprint density at radius 2 is 1.04 bits per heavy atom. The summed E-state index contributed by atoms with van der Waals surface area (Å²) in [5.74, 6) is 0. The molecule has 0 aliphatic carbocycles. The van der Waals surface area contributed by atoms with Crippen LogP contribution in [-0.4, -0.2) is 25.9 Å². The first kappa shape index (κ1) is 27.0. The van der Waals surface area contributed by atoms with Gasteiger partial charge in [0.25, 0.3) is 0 Å². The van der Waals surface area contributed by atoms with Gasteiger partial charge >= 0.3 is 59.1 Å². The van der Waals surface area contributed by atoms with E-state index in [9.17, 15) is 25.9 Å². The zero-order valence-electron chi connectivity index (χ0n) is 14.8. The van der Waals surface area contributed by atoms with E-state index in [1.807, 2.05) is 0 Å². The van der Waals surface area contributed by atoms with Crippen LogP contribution in [0.15, 0.2) is 46.2 Å². The van der Waals surface area contributed by atoms with Gasteiger partial charge in [-0.3, -0.25) is 0 Å². The maximum atomic E-state index is 11.4. The van der Waals surface area contributed by atoms with Crippen molar-refractivity contribution in [3.8, 4) is 12.1 Å². The summed E-state index contributed by atoms with van der Waals surface area (Å²) in [4.78, 5) is -1.32. The first-order valence-corrected chi connectivity index (χ1v) is 9.56. The summed E-state index contributed by atoms with van der Waals surface area (Å²) in [5, 5.41) is 17.6. The number of benzene rings is 2. The van der Waals surface area contributed by atoms with Crippen LogP contribution in [0.25, 0.3) is 12.2 Å². The number of hydrogen-bond donors (Lipinski definition) is 0. The standard InChI is InChI=1S/C16H10N2O6S2.2Na/c17-9-11-1-3-13(15(7-11)25(19,20)21)5-6-14-4-2-12(10-18)8-16(14)26(22,23)24;;/h1-8H,(H,19,20,21)(H,22,23,24);;/q;2*+1/p-2/b6-5+;;. The predicted octanol–water partition coefficient (Wildman–Crippen LogP) is -4.58. The van der Waals surface area contributed by atoms with Crippen molar-refractivity contribution in [2.75, 3.05) is 0 Å². The van der Waals surface area contributed by atoms with Gasteiger partial charge in [-0.05, 0) is 35.4 Å². The van der Waals surface area contributed by atoms with E-state index in [0.29, 0.717) is 0 Å². The van der Waals surface area contributed by atoms with Crippen LogP contribution >= 0.6 is 0 Å². The molecule has 0 radical (unpaired) electrons. The molecule has 132 valence electrons. The van der Waals surface area contributed by atoms with Gasteiger partial charge in [-0.25, -0.2) is 16.8 Å². The second-order valence-corrected chi connectivity index (χ2v) is 7.67. The minimum absolute atomic E-state index is 0. The predicted molar refractivity (Wildman–Crippen MR) is 87.2 cm³/mol. The minimum atomic E-state index is -4.90. The molecule has 0 atom stereocenters. The Labute approximate surface area is 206 Å². The summed E-state index contributed by atoms with van der Waals surface area (Å²) in [6.45, 7) is 0. The van der Waals surface area contributed by atoms with E-state index in [1.165, 1.54) is 24.3 Å². The summed E-state index contributed by atoms with van der Waals surface area (Å²) in [7, 11) is -9.79. The molecule has 0 aliphatic rings. The second-order valence-electron chi connectivity index (χ2n) is 4.97. The monoisotopic (exact) mass is 434 g/mol. The van der Waals surface area contributed by atoms with Crippen LogP contribution < -0.4 is 59.1 Å². The number of hydrogen-bond acceptors (Lipinski definition) is 8. The zero-order valence-corrected chi connectivity index (χ0v) is 20.4. The maximum Gasteiger partial charge on any atom is 1.00 e. The Hall–Kier alpha value is -1.02. The molecule has 0 fully saturated rings. The number of nitrogens with zero attached hydrogens (tertiary/aromatic N) is 2. The molecule has 12 heteroatoms. The van der Waals surface area contributed by atoms with Crippen LogP contribution in [0, 0.1) is 22.7 Å². The third kappa shape index (κ3) is 6.79. The molecule has 0 amide bonds. The molecule has 2 aromatic rings. The fourth-order valence-corrected chi connectivity index (χ4v) is 3.49. The average molecular weight is 434 g/mol. The molecule has 0 aliphatic heterocycles. The number of nitriles is 2. The summed E-state index contributed by atoms with van der Waals surface area (Å²) in [6.07, 6.45) is 2.25. The van der Waals surface area contributed by atoms with Crippen LogP contribution in [0.1, 0.15) is 22.3 Å². The Morgan fingerprint density at radius 1 is 0.714 bits per heavy atom. The molecule has 0 saturated heterocycles. The van der Waals surface area contributed by atoms with Crippen molar-refractivity contribution in [1.29, 1.82) is 10.5 Å². The molecule has 0 spiro atoms. The van der Waals surface area contributed by atoms with E-state index >= 15 is 0 Å². The van der Waals surface area contributed by atoms with E-state index < -0.39 is 30.0 Å². The molecule has 8 nitrogen and oxygen atoms in total. The van der Waals surface area contributed by atoms with Crippen molar-refractivity contribution in [2.45, 2.75) is 9.79 Å². The third-order valence-corrected chi connectivity index (χ3v) is 5.05. The van der Waals surface area contributed by atoms with Crippen molar-refractivity contribution in [3.63, 3.8) is 0 Å². The summed E-state index contributed by atoms with van der Waals surface area (Å²) in [6, 6.07) is 10.2. The SMILES string of the molecule is N#Cc1ccc(/C=C/c2ccc(C#N)cc2S(=O)(=O)[O-])c(S(=O)(=O)[O-])c1.[Na+].[Na+]. The number of rotatable bonds is 4. The molecule has 28 heavy (non-hydrogen) atoms. The first-order chi connectivity index (χ1) is 12.1. The van der Waals surface area contributed by atoms with Crippen LogP contribution in [-0.2, 0) is 20.2 Å². The van der Waals surface area contributed by atoms with Crippen molar-refractivity contribution >= 4 is 32.4 Å². The molecule has 0 heterocycles. The van der Waals surface area contributed by atoms with Crippen molar-refractivity contribution < 1.29 is 85.1 Å². The Bertz CT molecular complexity index is 1120. The first-order valence-electron chi connectivity index (χ1n) is 6.74. The van der Waals surface area contributed by atoms with Crippen LogP contribution in [0.2, 0.25) is 0 Å². The molecular weight excluding hydrogens is 426 g/mol. The largest absolute Gasteiger partial charge is 1.00 e. The molecule has 2 rings (SSSR count). The van der Waals surface area contributed by atoms with Gasteiger partial charge in [-0.15, -0.1) is 0 Å². The van der Waals surface area contributed by atoms with Crippen LogP contribution in [0.4, 0.5) is 0 Å². The fraction of sp³-hybridized carbons (Fsp3) is 0. The summed E-state index contributed by atoms with van der Waals surface area (Å²) < 4.78 is 68.2. The van der Waals surface area contributed by atoms with E-state index in [4.69, 9.17) is 10.5 Å². The molecule has 0 aromatic heterocycles. The van der Waals surface area contributed by atoms with Gasteiger partial charge in [0, 0.05) is 0 Å². The van der Waals surface area contributed by atoms with Crippen molar-refractivity contribution in [2.24, 2.45) is 0 Å². The van der Waals surface area contributed by atoms with Crippen molar-refractivity contribution in [3.05, 3.63) is 58.7 Å². The fourth-order valence-electron chi connectivity index (χ4n) is 2.10. The second kappa shape index (κ2) is 10.7. The Morgan fingerprint density at radius 3 is 1.29 bits per heavy atom. The van der Waals surface area contributed by atoms with E-state index in [2.05, 4.69) is 0 Å². The topological polar surface area (TPSA) is 162 Å². The molecule has 0 saturated carbocycles. The van der Waals surface area contributed by atoms with E-state index in [0.717, 1.165) is 24.3 Å². The van der Waals surface area contributed by atoms with Gasteiger partial charge < -0.3 is 9.11 Å². The molecule has 0 N–H and O–H groups in total. The minimum Gasteiger partial charge on any atom is -0.744 e. The van der Waals surface area contributed by atoms with Gasteiger partial charge in [0.2, 0.25) is 0 Å². The van der Waals surface area contributed by atoms with E-state index in [-0.39, 0.29) is 81.4 Å². The Kier molecular flexibility index (Phi) is 10.3. The van der Waals surface area contributed by atoms with Gasteiger partial charge in [0.1, 0.15) is 20.2 Å². The van der Waals surface area contributed by atoms with Crippen LogP contribution in [0.5, 0.6) is 0 Å². The van der Waals surface area contributed by atoms with Gasteiger partial charge in [-0.1, -0.05) is 24.3 Å². The van der Waals surface area contributed by atoms with Gasteiger partial charge in [0.15, 0.2) is 0 Å². The average Bonchev–Trinajstić information content (AvgIpc) is 2.58. The summed E-state index contributed by atoms with van der Waals surface area (Å²) >= 11 is 0. The normalized spacial score (nSPS) is 11.0. The molecule has 2 aromatic carbocycles. The van der Waals surface area contributed by atoms with Gasteiger partial charge in [0.05, 0.1) is 33.1 Å². The maximum absolute atomic E-state index is 11.4. The third-order valence-electron chi connectivity index (χ3n) is 3.27. The molecule has 0 unspecified atom stereocenters. The van der Waals surface area contributed by atoms with Crippen LogP contribution in [0.3, 0.4) is 0 Å². The van der Waals surface area contributed by atoms with Gasteiger partial charge in [-0.2, -0.15) is 10.5 Å². The molecule has 0 bridgehead atoms. The smallest absolute Gasteiger partial charge is 0.744 e. The summed E-state index contributed by atoms with van der Waals surface area (Å²) in [5.41, 5.74) is -0.259.